The van der Waals surface area contributed by atoms with E-state index < -0.39 is 0 Å². The van der Waals surface area contributed by atoms with E-state index in [0.717, 1.165) is 54.2 Å². The minimum absolute atomic E-state index is 0.0300. The van der Waals surface area contributed by atoms with Crippen LogP contribution in [0, 0.1) is 0 Å². The van der Waals surface area contributed by atoms with Crippen LogP contribution in [0.4, 0.5) is 5.82 Å². The van der Waals surface area contributed by atoms with Gasteiger partial charge >= 0.3 is 0 Å². The number of anilines is 1. The number of carbonyl (C=O) groups excluding carboxylic acids is 1. The van der Waals surface area contributed by atoms with Gasteiger partial charge in [0.05, 0.1) is 17.6 Å². The molecule has 1 fully saturated rings. The summed E-state index contributed by atoms with van der Waals surface area (Å²) in [6.45, 7) is 4.42. The van der Waals surface area contributed by atoms with E-state index in [1.165, 1.54) is 0 Å². The molecule has 0 atom stereocenters. The van der Waals surface area contributed by atoms with Gasteiger partial charge in [-0.2, -0.15) is 5.10 Å². The normalized spacial score (nSPS) is 15.2. The first-order chi connectivity index (χ1) is 13.2. The maximum Gasteiger partial charge on any atom is 0.226 e. The Labute approximate surface area is 158 Å². The van der Waals surface area contributed by atoms with Crippen LogP contribution in [-0.4, -0.2) is 59.2 Å². The summed E-state index contributed by atoms with van der Waals surface area (Å²) in [5.41, 5.74) is 2.77. The Kier molecular flexibility index (Phi) is 5.02. The summed E-state index contributed by atoms with van der Waals surface area (Å²) in [5, 5.41) is 11.2. The molecule has 0 radical (unpaired) electrons. The van der Waals surface area contributed by atoms with Crippen molar-refractivity contribution in [2.75, 3.05) is 38.1 Å². The number of hydrogen-bond acceptors (Lipinski definition) is 5. The summed E-state index contributed by atoms with van der Waals surface area (Å²) in [6, 6.07) is 11.8. The van der Waals surface area contributed by atoms with E-state index in [1.54, 1.807) is 0 Å². The third-order valence-corrected chi connectivity index (χ3v) is 5.02. The van der Waals surface area contributed by atoms with Crippen molar-refractivity contribution in [2.45, 2.75) is 13.0 Å². The van der Waals surface area contributed by atoms with Gasteiger partial charge in [0.25, 0.3) is 0 Å². The Balaban J connectivity index is 1.40. The number of para-hydroxylation sites is 1. The maximum absolute atomic E-state index is 12.5. The minimum Gasteiger partial charge on any atom is -0.354 e. The molecule has 1 saturated heterocycles. The second-order valence-electron chi connectivity index (χ2n) is 6.95. The fourth-order valence-corrected chi connectivity index (χ4v) is 3.44. The predicted molar refractivity (Wildman–Crippen MR) is 106 cm³/mol. The van der Waals surface area contributed by atoms with Crippen LogP contribution in [0.5, 0.6) is 0 Å². The van der Waals surface area contributed by atoms with Gasteiger partial charge in [-0.3, -0.25) is 9.89 Å². The summed E-state index contributed by atoms with van der Waals surface area (Å²) in [4.78, 5) is 21.6. The lowest BCUT2D eigenvalue weighted by atomic mass is 10.1. The molecule has 1 aliphatic heterocycles. The van der Waals surface area contributed by atoms with Crippen LogP contribution in [0.3, 0.4) is 0 Å². The number of rotatable bonds is 5. The number of amides is 1. The lowest BCUT2D eigenvalue weighted by Gasteiger charge is -2.34. The topological polar surface area (TPSA) is 77.1 Å². The summed E-state index contributed by atoms with van der Waals surface area (Å²) in [5.74, 6) is 0.940. The van der Waals surface area contributed by atoms with Gasteiger partial charge in [0.2, 0.25) is 5.91 Å². The SMILES string of the molecule is CN1CCN(c2ncccc2CNC(=O)Cc2[nH]nc3ccccc23)CC1. The molecule has 0 saturated carbocycles. The van der Waals surface area contributed by atoms with E-state index in [0.29, 0.717) is 6.54 Å². The molecule has 2 aromatic heterocycles. The average molecular weight is 364 g/mol. The second-order valence-corrected chi connectivity index (χ2v) is 6.95. The molecule has 1 aliphatic rings. The number of nitrogens with zero attached hydrogens (tertiary/aromatic N) is 4. The largest absolute Gasteiger partial charge is 0.354 e. The molecular formula is C20H24N6O. The number of aromatic nitrogens is 3. The highest BCUT2D eigenvalue weighted by atomic mass is 16.1. The third-order valence-electron chi connectivity index (χ3n) is 5.02. The Bertz CT molecular complexity index is 929. The third kappa shape index (κ3) is 3.93. The molecule has 1 amide bonds. The number of pyridine rings is 1. The van der Waals surface area contributed by atoms with Crippen molar-refractivity contribution in [3.05, 3.63) is 53.9 Å². The number of fused-ring (bicyclic) bond motifs is 1. The summed E-state index contributed by atoms with van der Waals surface area (Å²) >= 11 is 0. The van der Waals surface area contributed by atoms with Crippen molar-refractivity contribution in [1.82, 2.24) is 25.4 Å². The molecule has 0 unspecified atom stereocenters. The fraction of sp³-hybridized carbons (Fsp3) is 0.350. The average Bonchev–Trinajstić information content (AvgIpc) is 3.10. The van der Waals surface area contributed by atoms with Crippen LogP contribution < -0.4 is 10.2 Å². The molecule has 140 valence electrons. The maximum atomic E-state index is 12.5. The Morgan fingerprint density at radius 3 is 2.81 bits per heavy atom. The van der Waals surface area contributed by atoms with Gasteiger partial charge in [0.15, 0.2) is 0 Å². The quantitative estimate of drug-likeness (QED) is 0.719. The first-order valence-electron chi connectivity index (χ1n) is 9.27. The zero-order valence-electron chi connectivity index (χ0n) is 15.5. The first kappa shape index (κ1) is 17.5. The number of benzene rings is 1. The Hall–Kier alpha value is -2.93. The zero-order chi connectivity index (χ0) is 18.6. The van der Waals surface area contributed by atoms with Gasteiger partial charge in [-0.25, -0.2) is 4.98 Å². The highest BCUT2D eigenvalue weighted by Gasteiger charge is 2.18. The molecule has 27 heavy (non-hydrogen) atoms. The molecule has 3 heterocycles. The molecule has 7 heteroatoms. The number of aromatic amines is 1. The molecule has 0 spiro atoms. The Morgan fingerprint density at radius 1 is 1.15 bits per heavy atom. The Morgan fingerprint density at radius 2 is 1.96 bits per heavy atom. The number of nitrogens with one attached hydrogen (secondary N) is 2. The standard InChI is InChI=1S/C20H24N6O/c1-25-9-11-26(12-10-25)20-15(5-4-8-21-20)14-22-19(27)13-18-16-6-2-3-7-17(16)23-24-18/h2-8H,9-14H2,1H3,(H,22,27)(H,23,24). The van der Waals surface area contributed by atoms with E-state index in [-0.39, 0.29) is 12.3 Å². The van der Waals surface area contributed by atoms with Crippen LogP contribution >= 0.6 is 0 Å². The highest BCUT2D eigenvalue weighted by molar-refractivity contribution is 5.87. The van der Waals surface area contributed by atoms with Gasteiger partial charge in [-0.15, -0.1) is 0 Å². The van der Waals surface area contributed by atoms with E-state index >= 15 is 0 Å². The van der Waals surface area contributed by atoms with E-state index in [4.69, 9.17) is 0 Å². The van der Waals surface area contributed by atoms with E-state index in [1.807, 2.05) is 42.6 Å². The monoisotopic (exact) mass is 364 g/mol. The van der Waals surface area contributed by atoms with Crippen LogP contribution in [-0.2, 0) is 17.8 Å². The van der Waals surface area contributed by atoms with Gasteiger partial charge in [0.1, 0.15) is 5.82 Å². The number of piperazine rings is 1. The zero-order valence-corrected chi connectivity index (χ0v) is 15.5. The summed E-state index contributed by atoms with van der Waals surface area (Å²) < 4.78 is 0. The van der Waals surface area contributed by atoms with Gasteiger partial charge in [-0.1, -0.05) is 24.3 Å². The molecule has 3 aromatic rings. The fourth-order valence-electron chi connectivity index (χ4n) is 3.44. The molecular weight excluding hydrogens is 340 g/mol. The lowest BCUT2D eigenvalue weighted by Crippen LogP contribution is -2.45. The highest BCUT2D eigenvalue weighted by Crippen LogP contribution is 2.19. The van der Waals surface area contributed by atoms with Crippen LogP contribution in [0.1, 0.15) is 11.3 Å². The van der Waals surface area contributed by atoms with Gasteiger partial charge < -0.3 is 15.1 Å². The first-order valence-corrected chi connectivity index (χ1v) is 9.27. The van der Waals surface area contributed by atoms with Crippen LogP contribution in [0.15, 0.2) is 42.6 Å². The number of carbonyl (C=O) groups is 1. The lowest BCUT2D eigenvalue weighted by molar-refractivity contribution is -0.120. The molecule has 0 bridgehead atoms. The molecule has 4 rings (SSSR count). The van der Waals surface area contributed by atoms with E-state index in [2.05, 4.69) is 37.3 Å². The summed E-state index contributed by atoms with van der Waals surface area (Å²) in [7, 11) is 2.13. The summed E-state index contributed by atoms with van der Waals surface area (Å²) in [6.07, 6.45) is 2.10. The number of likely N-dealkylation sites (N-methyl/N-ethyl adjacent to an activating group) is 1. The van der Waals surface area contributed by atoms with Crippen molar-refractivity contribution >= 4 is 22.6 Å². The van der Waals surface area contributed by atoms with Crippen LogP contribution in [0.25, 0.3) is 10.9 Å². The molecule has 0 aliphatic carbocycles. The van der Waals surface area contributed by atoms with Gasteiger partial charge in [-0.05, 0) is 19.2 Å². The van der Waals surface area contributed by atoms with Crippen molar-refractivity contribution < 1.29 is 4.79 Å². The molecule has 7 nitrogen and oxygen atoms in total. The number of H-pyrrole nitrogens is 1. The predicted octanol–water partition coefficient (Wildman–Crippen LogP) is 1.57. The number of hydrogen-bond donors (Lipinski definition) is 2. The van der Waals surface area contributed by atoms with Crippen molar-refractivity contribution in [1.29, 1.82) is 0 Å². The molecule has 1 aromatic carbocycles. The van der Waals surface area contributed by atoms with Crippen molar-refractivity contribution in [3.63, 3.8) is 0 Å². The molecule has 2 N–H and O–H groups in total. The van der Waals surface area contributed by atoms with Crippen LogP contribution in [0.2, 0.25) is 0 Å². The van der Waals surface area contributed by atoms with Crippen molar-refractivity contribution in [2.24, 2.45) is 0 Å². The van der Waals surface area contributed by atoms with E-state index in [9.17, 15) is 4.79 Å². The minimum atomic E-state index is -0.0300. The van der Waals surface area contributed by atoms with Crippen molar-refractivity contribution in [3.8, 4) is 0 Å². The second kappa shape index (κ2) is 7.75. The van der Waals surface area contributed by atoms with Gasteiger partial charge in [0, 0.05) is 49.9 Å². The smallest absolute Gasteiger partial charge is 0.226 e.